The minimum Gasteiger partial charge on any atom is -0.475 e. The van der Waals surface area contributed by atoms with Crippen LogP contribution in [0.25, 0.3) is 0 Å². The van der Waals surface area contributed by atoms with Gasteiger partial charge in [0.2, 0.25) is 5.96 Å². The SMILES string of the molecule is N=C(N)N/N=C/c1c(Cl)cccc1Cl.O=C(O)C(F)(F)F. The van der Waals surface area contributed by atoms with Gasteiger partial charge in [-0.1, -0.05) is 29.3 Å². The molecule has 0 saturated carbocycles. The number of carboxylic acids is 1. The first kappa shape index (κ1) is 19.0. The number of aliphatic carboxylic acids is 1. The average Bonchev–Trinajstić information content (AvgIpc) is 2.32. The second-order valence-electron chi connectivity index (χ2n) is 3.22. The van der Waals surface area contributed by atoms with Gasteiger partial charge in [0, 0.05) is 5.56 Å². The number of benzene rings is 1. The summed E-state index contributed by atoms with van der Waals surface area (Å²) in [5.41, 5.74) is 7.87. The first-order chi connectivity index (χ1) is 9.55. The van der Waals surface area contributed by atoms with E-state index in [1.54, 1.807) is 18.2 Å². The fourth-order valence-corrected chi connectivity index (χ4v) is 1.30. The van der Waals surface area contributed by atoms with E-state index in [1.165, 1.54) is 6.21 Å². The molecule has 1 rings (SSSR count). The number of alkyl halides is 3. The Balaban J connectivity index is 0.000000486. The molecule has 0 atom stereocenters. The maximum Gasteiger partial charge on any atom is 0.490 e. The Labute approximate surface area is 126 Å². The van der Waals surface area contributed by atoms with Crippen LogP contribution in [0.2, 0.25) is 10.0 Å². The van der Waals surface area contributed by atoms with Gasteiger partial charge in [0.15, 0.2) is 0 Å². The summed E-state index contributed by atoms with van der Waals surface area (Å²) in [6.45, 7) is 0. The number of halogens is 5. The van der Waals surface area contributed by atoms with Crippen molar-refractivity contribution in [1.82, 2.24) is 5.43 Å². The molecule has 0 radical (unpaired) electrons. The van der Waals surface area contributed by atoms with Crippen LogP contribution in [0.5, 0.6) is 0 Å². The maximum absolute atomic E-state index is 10.6. The van der Waals surface area contributed by atoms with Crippen LogP contribution in [0.4, 0.5) is 13.2 Å². The van der Waals surface area contributed by atoms with Crippen molar-refractivity contribution in [1.29, 1.82) is 5.41 Å². The number of hydrazone groups is 1. The monoisotopic (exact) mass is 344 g/mol. The van der Waals surface area contributed by atoms with E-state index in [1.807, 2.05) is 0 Å². The molecule has 5 N–H and O–H groups in total. The number of nitrogens with one attached hydrogen (secondary N) is 2. The van der Waals surface area contributed by atoms with Crippen LogP contribution in [0.15, 0.2) is 23.3 Å². The Morgan fingerprint density at radius 3 is 2.14 bits per heavy atom. The third-order valence-corrected chi connectivity index (χ3v) is 2.28. The van der Waals surface area contributed by atoms with Gasteiger partial charge in [-0.3, -0.25) is 5.41 Å². The largest absolute Gasteiger partial charge is 0.490 e. The molecule has 6 nitrogen and oxygen atoms in total. The summed E-state index contributed by atoms with van der Waals surface area (Å²) in [7, 11) is 0. The first-order valence-corrected chi connectivity index (χ1v) is 5.68. The lowest BCUT2D eigenvalue weighted by Crippen LogP contribution is -2.25. The van der Waals surface area contributed by atoms with Gasteiger partial charge in [0.05, 0.1) is 16.3 Å². The third-order valence-electron chi connectivity index (χ3n) is 1.62. The summed E-state index contributed by atoms with van der Waals surface area (Å²) in [5, 5.41) is 18.6. The molecule has 0 aliphatic carbocycles. The van der Waals surface area contributed by atoms with Crippen LogP contribution in [-0.4, -0.2) is 29.4 Å². The van der Waals surface area contributed by atoms with Crippen LogP contribution in [0.3, 0.4) is 0 Å². The van der Waals surface area contributed by atoms with Gasteiger partial charge in [-0.05, 0) is 12.1 Å². The predicted octanol–water partition coefficient (Wildman–Crippen LogP) is 2.44. The number of guanidine groups is 1. The lowest BCUT2D eigenvalue weighted by Gasteiger charge is -2.00. The zero-order valence-corrected chi connectivity index (χ0v) is 11.6. The summed E-state index contributed by atoms with van der Waals surface area (Å²) in [6.07, 6.45) is -3.67. The number of hydrogen-bond acceptors (Lipinski definition) is 3. The molecular formula is C10H9Cl2F3N4O2. The topological polar surface area (TPSA) is 112 Å². The summed E-state index contributed by atoms with van der Waals surface area (Å²) in [4.78, 5) is 8.90. The zero-order chi connectivity index (χ0) is 16.6. The van der Waals surface area contributed by atoms with Crippen molar-refractivity contribution >= 4 is 41.3 Å². The van der Waals surface area contributed by atoms with Crippen molar-refractivity contribution in [2.24, 2.45) is 10.8 Å². The van der Waals surface area contributed by atoms with Crippen molar-refractivity contribution in [2.75, 3.05) is 0 Å². The Hall–Kier alpha value is -2.00. The van der Waals surface area contributed by atoms with Crippen LogP contribution < -0.4 is 11.2 Å². The highest BCUT2D eigenvalue weighted by atomic mass is 35.5. The number of nitrogens with two attached hydrogens (primary N) is 1. The van der Waals surface area contributed by atoms with E-state index in [-0.39, 0.29) is 5.96 Å². The molecule has 0 aromatic heterocycles. The van der Waals surface area contributed by atoms with Crippen LogP contribution >= 0.6 is 23.2 Å². The molecule has 0 unspecified atom stereocenters. The molecule has 0 spiro atoms. The minimum absolute atomic E-state index is 0.246. The Bertz CT molecular complexity index is 529. The molecule has 0 saturated heterocycles. The highest BCUT2D eigenvalue weighted by molar-refractivity contribution is 6.38. The van der Waals surface area contributed by atoms with Gasteiger partial charge in [0.1, 0.15) is 0 Å². The minimum atomic E-state index is -5.08. The highest BCUT2D eigenvalue weighted by Gasteiger charge is 2.38. The van der Waals surface area contributed by atoms with E-state index >= 15 is 0 Å². The molecule has 0 aliphatic heterocycles. The van der Waals surface area contributed by atoms with E-state index in [0.29, 0.717) is 15.6 Å². The van der Waals surface area contributed by atoms with Crippen molar-refractivity contribution in [3.05, 3.63) is 33.8 Å². The van der Waals surface area contributed by atoms with E-state index in [4.69, 9.17) is 44.2 Å². The van der Waals surface area contributed by atoms with Crippen molar-refractivity contribution in [3.8, 4) is 0 Å². The second kappa shape index (κ2) is 8.32. The fourth-order valence-electron chi connectivity index (χ4n) is 0.800. The van der Waals surface area contributed by atoms with Gasteiger partial charge in [-0.2, -0.15) is 18.3 Å². The maximum atomic E-state index is 10.6. The molecule has 0 heterocycles. The van der Waals surface area contributed by atoms with E-state index in [9.17, 15) is 13.2 Å². The number of carbonyl (C=O) groups is 1. The molecule has 0 bridgehead atoms. The Morgan fingerprint density at radius 2 is 1.81 bits per heavy atom. The lowest BCUT2D eigenvalue weighted by atomic mass is 10.2. The van der Waals surface area contributed by atoms with Crippen molar-refractivity contribution < 1.29 is 23.1 Å². The van der Waals surface area contributed by atoms with Crippen molar-refractivity contribution in [2.45, 2.75) is 6.18 Å². The Morgan fingerprint density at radius 1 is 1.38 bits per heavy atom. The van der Waals surface area contributed by atoms with Gasteiger partial charge < -0.3 is 10.8 Å². The molecule has 1 aromatic carbocycles. The lowest BCUT2D eigenvalue weighted by molar-refractivity contribution is -0.192. The van der Waals surface area contributed by atoms with E-state index in [0.717, 1.165) is 0 Å². The standard InChI is InChI=1S/C8H8Cl2N4.C2HF3O2/c9-6-2-1-3-7(10)5(6)4-13-14-8(11)12;3-2(4,5)1(6)7/h1-4H,(H4,11,12,14);(H,6,7)/b13-4+;. The summed E-state index contributed by atoms with van der Waals surface area (Å²) in [6, 6.07) is 5.13. The molecule has 1 aromatic rings. The highest BCUT2D eigenvalue weighted by Crippen LogP contribution is 2.21. The van der Waals surface area contributed by atoms with Gasteiger partial charge in [-0.25, -0.2) is 10.2 Å². The quantitative estimate of drug-likeness (QED) is 0.375. The molecule has 0 amide bonds. The molecule has 116 valence electrons. The van der Waals surface area contributed by atoms with Crippen molar-refractivity contribution in [3.63, 3.8) is 0 Å². The smallest absolute Gasteiger partial charge is 0.475 e. The molecule has 21 heavy (non-hydrogen) atoms. The second-order valence-corrected chi connectivity index (χ2v) is 4.04. The number of carboxylic acid groups (broad SMARTS) is 1. The van der Waals surface area contributed by atoms with Crippen LogP contribution in [0.1, 0.15) is 5.56 Å². The predicted molar refractivity (Wildman–Crippen MR) is 72.8 cm³/mol. The van der Waals surface area contributed by atoms with Gasteiger partial charge >= 0.3 is 12.1 Å². The average molecular weight is 345 g/mol. The fraction of sp³-hybridized carbons (Fsp3) is 0.100. The zero-order valence-electron chi connectivity index (χ0n) is 10.1. The summed E-state index contributed by atoms with van der Waals surface area (Å²) >= 11 is 11.7. The number of rotatable bonds is 2. The number of nitrogens with zero attached hydrogens (tertiary/aromatic N) is 1. The van der Waals surface area contributed by atoms with Crippen LogP contribution in [-0.2, 0) is 4.79 Å². The first-order valence-electron chi connectivity index (χ1n) is 4.93. The van der Waals surface area contributed by atoms with Gasteiger partial charge in [0.25, 0.3) is 0 Å². The normalized spacial score (nSPS) is 10.7. The summed E-state index contributed by atoms with van der Waals surface area (Å²) in [5.74, 6) is -3.00. The van der Waals surface area contributed by atoms with Gasteiger partial charge in [-0.15, -0.1) is 0 Å². The van der Waals surface area contributed by atoms with E-state index < -0.39 is 12.1 Å². The number of hydrogen-bond donors (Lipinski definition) is 4. The molecule has 0 fully saturated rings. The van der Waals surface area contributed by atoms with E-state index in [2.05, 4.69) is 10.5 Å². The molecular weight excluding hydrogens is 336 g/mol. The third kappa shape index (κ3) is 8.00. The Kier molecular flexibility index (Phi) is 7.53. The molecule has 0 aliphatic rings. The molecule has 11 heteroatoms. The summed E-state index contributed by atoms with van der Waals surface area (Å²) < 4.78 is 31.7. The van der Waals surface area contributed by atoms with Crippen LogP contribution in [0, 0.1) is 5.41 Å².